The van der Waals surface area contributed by atoms with Crippen molar-refractivity contribution in [2.24, 2.45) is 17.8 Å². The average Bonchev–Trinajstić information content (AvgIpc) is 3.61. The number of imidazole rings is 1. The SMILES string of the molecule is CC(C)[C@H]1COC(=O)N1C(=O)[C@@H](C)[C@H](OC(=S)n1ccnc1)[C@@H](C)Cc1ccc(OCc2ccccc2)cc1. The molecule has 206 valence electrons. The lowest BCUT2D eigenvalue weighted by Gasteiger charge is -2.33. The minimum atomic E-state index is -0.651. The van der Waals surface area contributed by atoms with Crippen molar-refractivity contribution in [1.82, 2.24) is 14.5 Å². The molecule has 4 atom stereocenters. The van der Waals surface area contributed by atoms with Crippen molar-refractivity contribution in [1.29, 1.82) is 0 Å². The van der Waals surface area contributed by atoms with Crippen LogP contribution < -0.4 is 4.74 Å². The molecule has 39 heavy (non-hydrogen) atoms. The predicted octanol–water partition coefficient (Wildman–Crippen LogP) is 5.50. The fourth-order valence-electron chi connectivity index (χ4n) is 4.75. The van der Waals surface area contributed by atoms with Gasteiger partial charge in [-0.3, -0.25) is 9.36 Å². The van der Waals surface area contributed by atoms with Crippen LogP contribution in [0.15, 0.2) is 73.3 Å². The second-order valence-corrected chi connectivity index (χ2v) is 10.7. The summed E-state index contributed by atoms with van der Waals surface area (Å²) in [5.41, 5.74) is 2.17. The van der Waals surface area contributed by atoms with E-state index >= 15 is 0 Å². The molecule has 1 aliphatic heterocycles. The Hall–Kier alpha value is -3.72. The number of amides is 2. The van der Waals surface area contributed by atoms with Crippen LogP contribution in [-0.4, -0.2) is 50.4 Å². The summed E-state index contributed by atoms with van der Waals surface area (Å²) in [6, 6.07) is 17.6. The molecule has 3 aromatic rings. The summed E-state index contributed by atoms with van der Waals surface area (Å²) in [4.78, 5) is 31.4. The van der Waals surface area contributed by atoms with Crippen LogP contribution in [0.1, 0.15) is 38.8 Å². The number of carbonyl (C=O) groups excluding carboxylic acids is 2. The summed E-state index contributed by atoms with van der Waals surface area (Å²) in [6.45, 7) is 8.43. The largest absolute Gasteiger partial charge is 0.489 e. The number of hydrogen-bond donors (Lipinski definition) is 0. The zero-order chi connectivity index (χ0) is 27.9. The molecule has 0 N–H and O–H groups in total. The van der Waals surface area contributed by atoms with Crippen molar-refractivity contribution in [2.45, 2.75) is 52.9 Å². The first-order chi connectivity index (χ1) is 18.7. The van der Waals surface area contributed by atoms with E-state index in [1.54, 1.807) is 30.2 Å². The molecule has 0 spiro atoms. The van der Waals surface area contributed by atoms with Crippen LogP contribution in [0.4, 0.5) is 4.79 Å². The van der Waals surface area contributed by atoms with Gasteiger partial charge in [0.1, 0.15) is 31.4 Å². The van der Waals surface area contributed by atoms with Crippen LogP contribution in [0.25, 0.3) is 0 Å². The highest BCUT2D eigenvalue weighted by Crippen LogP contribution is 2.28. The van der Waals surface area contributed by atoms with Crippen molar-refractivity contribution < 1.29 is 23.8 Å². The average molecular weight is 550 g/mol. The lowest BCUT2D eigenvalue weighted by molar-refractivity contribution is -0.137. The van der Waals surface area contributed by atoms with E-state index in [2.05, 4.69) is 4.98 Å². The van der Waals surface area contributed by atoms with Gasteiger partial charge in [0.25, 0.3) is 5.17 Å². The summed E-state index contributed by atoms with van der Waals surface area (Å²) in [5, 5.41) is 0.193. The van der Waals surface area contributed by atoms with E-state index in [1.165, 1.54) is 4.90 Å². The maximum atomic E-state index is 13.6. The molecular formula is C30H35N3O5S. The van der Waals surface area contributed by atoms with Gasteiger partial charge in [0.2, 0.25) is 5.91 Å². The Morgan fingerprint density at radius 2 is 1.79 bits per heavy atom. The second kappa shape index (κ2) is 12.9. The van der Waals surface area contributed by atoms with Gasteiger partial charge in [0.15, 0.2) is 0 Å². The van der Waals surface area contributed by atoms with Crippen molar-refractivity contribution >= 4 is 29.4 Å². The molecule has 0 unspecified atom stereocenters. The molecule has 0 aliphatic carbocycles. The number of ether oxygens (including phenoxy) is 3. The van der Waals surface area contributed by atoms with E-state index < -0.39 is 18.1 Å². The fourth-order valence-corrected chi connectivity index (χ4v) is 4.97. The Kier molecular flexibility index (Phi) is 9.35. The van der Waals surface area contributed by atoms with E-state index in [0.717, 1.165) is 16.9 Å². The molecule has 0 saturated carbocycles. The van der Waals surface area contributed by atoms with Crippen LogP contribution in [0.3, 0.4) is 0 Å². The molecule has 9 heteroatoms. The maximum Gasteiger partial charge on any atom is 0.416 e. The first-order valence-corrected chi connectivity index (χ1v) is 13.6. The minimum Gasteiger partial charge on any atom is -0.489 e. The van der Waals surface area contributed by atoms with E-state index in [9.17, 15) is 9.59 Å². The number of benzene rings is 2. The van der Waals surface area contributed by atoms with Gasteiger partial charge in [-0.15, -0.1) is 0 Å². The van der Waals surface area contributed by atoms with Crippen LogP contribution in [0.2, 0.25) is 0 Å². The number of hydrogen-bond acceptors (Lipinski definition) is 7. The summed E-state index contributed by atoms with van der Waals surface area (Å²) in [6.07, 6.45) is 4.28. The number of rotatable bonds is 10. The van der Waals surface area contributed by atoms with Gasteiger partial charge < -0.3 is 14.2 Å². The van der Waals surface area contributed by atoms with E-state index in [-0.39, 0.29) is 35.6 Å². The summed E-state index contributed by atoms with van der Waals surface area (Å²) in [5.74, 6) is -0.246. The van der Waals surface area contributed by atoms with Gasteiger partial charge in [0, 0.05) is 12.4 Å². The number of thiocarbonyl (C=S) groups is 1. The fraction of sp³-hybridized carbons (Fsp3) is 0.400. The molecule has 4 rings (SSSR count). The molecule has 2 aromatic carbocycles. The topological polar surface area (TPSA) is 82.9 Å². The van der Waals surface area contributed by atoms with Crippen molar-refractivity contribution in [3.63, 3.8) is 0 Å². The quantitative estimate of drug-likeness (QED) is 0.309. The summed E-state index contributed by atoms with van der Waals surface area (Å²) in [7, 11) is 0. The smallest absolute Gasteiger partial charge is 0.416 e. The number of carbonyl (C=O) groups is 2. The number of cyclic esters (lactones) is 1. The lowest BCUT2D eigenvalue weighted by atomic mass is 9.87. The minimum absolute atomic E-state index is 0.0686. The first kappa shape index (κ1) is 28.3. The van der Waals surface area contributed by atoms with Crippen LogP contribution in [-0.2, 0) is 27.3 Å². The molecule has 0 bridgehead atoms. The molecule has 8 nitrogen and oxygen atoms in total. The maximum absolute atomic E-state index is 13.6. The molecule has 1 saturated heterocycles. The second-order valence-electron chi connectivity index (χ2n) is 10.3. The number of imide groups is 1. The van der Waals surface area contributed by atoms with Crippen molar-refractivity contribution in [3.05, 3.63) is 84.4 Å². The zero-order valence-corrected chi connectivity index (χ0v) is 23.5. The van der Waals surface area contributed by atoms with Gasteiger partial charge in [0.05, 0.1) is 12.0 Å². The Balaban J connectivity index is 1.48. The Labute approximate surface area is 234 Å². The molecule has 1 aliphatic rings. The molecule has 0 radical (unpaired) electrons. The first-order valence-electron chi connectivity index (χ1n) is 13.2. The van der Waals surface area contributed by atoms with E-state index in [1.807, 2.05) is 75.4 Å². The van der Waals surface area contributed by atoms with Gasteiger partial charge in [-0.2, -0.15) is 0 Å². The molecule has 2 amide bonds. The van der Waals surface area contributed by atoms with Crippen LogP contribution in [0.5, 0.6) is 5.75 Å². The Morgan fingerprint density at radius 3 is 2.44 bits per heavy atom. The van der Waals surface area contributed by atoms with Gasteiger partial charge >= 0.3 is 6.09 Å². The third kappa shape index (κ3) is 7.03. The van der Waals surface area contributed by atoms with Crippen molar-refractivity contribution in [3.8, 4) is 5.75 Å². The normalized spacial score (nSPS) is 17.4. The third-order valence-electron chi connectivity index (χ3n) is 7.04. The van der Waals surface area contributed by atoms with Gasteiger partial charge in [-0.05, 0) is 60.7 Å². The van der Waals surface area contributed by atoms with Gasteiger partial charge in [-0.1, -0.05) is 63.2 Å². The van der Waals surface area contributed by atoms with Gasteiger partial charge in [-0.25, -0.2) is 14.7 Å². The highest BCUT2D eigenvalue weighted by atomic mass is 32.1. The Bertz CT molecular complexity index is 1250. The molecule has 2 heterocycles. The number of nitrogens with zero attached hydrogens (tertiary/aromatic N) is 3. The van der Waals surface area contributed by atoms with Crippen molar-refractivity contribution in [2.75, 3.05) is 6.61 Å². The lowest BCUT2D eigenvalue weighted by Crippen LogP contribution is -2.49. The zero-order valence-electron chi connectivity index (χ0n) is 22.7. The highest BCUT2D eigenvalue weighted by molar-refractivity contribution is 7.80. The molecule has 1 aromatic heterocycles. The van der Waals surface area contributed by atoms with E-state index in [0.29, 0.717) is 13.0 Å². The Morgan fingerprint density at radius 1 is 1.08 bits per heavy atom. The summed E-state index contributed by atoms with van der Waals surface area (Å²) < 4.78 is 19.0. The monoisotopic (exact) mass is 549 g/mol. The number of aromatic nitrogens is 2. The molecule has 1 fully saturated rings. The highest BCUT2D eigenvalue weighted by Gasteiger charge is 2.44. The van der Waals surface area contributed by atoms with Crippen LogP contribution in [0, 0.1) is 17.8 Å². The third-order valence-corrected chi connectivity index (χ3v) is 7.34. The predicted molar refractivity (Wildman–Crippen MR) is 151 cm³/mol. The molecular weight excluding hydrogens is 514 g/mol. The summed E-state index contributed by atoms with van der Waals surface area (Å²) >= 11 is 5.52. The van der Waals surface area contributed by atoms with Crippen LogP contribution >= 0.6 is 12.2 Å². The standard InChI is InChI=1S/C30H35N3O5S/c1-20(2)26-18-37-29(35)33(26)28(34)22(4)27(38-30(39)32-15-14-31-19-32)21(3)16-23-10-12-25(13-11-23)36-17-24-8-6-5-7-9-24/h5-15,19-22,26-27H,16-18H2,1-4H3/t21-,22-,26+,27+/m0/s1. The van der Waals surface area contributed by atoms with E-state index in [4.69, 9.17) is 26.4 Å².